The fraction of sp³-hybridized carbons (Fsp3) is 0.290. The van der Waals surface area contributed by atoms with Crippen molar-refractivity contribution in [1.29, 1.82) is 0 Å². The van der Waals surface area contributed by atoms with Gasteiger partial charge in [0.1, 0.15) is 5.75 Å². The van der Waals surface area contributed by atoms with Crippen LogP contribution in [0.25, 0.3) is 16.2 Å². The molecule has 0 spiro atoms. The van der Waals surface area contributed by atoms with Gasteiger partial charge in [-0.2, -0.15) is 0 Å². The molecule has 0 heterocycles. The molecule has 3 aromatic carbocycles. The molecule has 0 unspecified atom stereocenters. The summed E-state index contributed by atoms with van der Waals surface area (Å²) in [6, 6.07) is 20.5. The highest BCUT2D eigenvalue weighted by Crippen LogP contribution is 2.29. The second kappa shape index (κ2) is 13.4. The zero-order valence-corrected chi connectivity index (χ0v) is 22.7. The number of benzene rings is 3. The molecule has 0 atom stereocenters. The van der Waals surface area contributed by atoms with Crippen molar-refractivity contribution in [3.05, 3.63) is 111 Å². The van der Waals surface area contributed by atoms with E-state index in [1.807, 2.05) is 31.2 Å². The van der Waals surface area contributed by atoms with Crippen LogP contribution < -0.4 is 10.1 Å². The Morgan fingerprint density at radius 1 is 1.02 bits per heavy atom. The lowest BCUT2D eigenvalue weighted by Gasteiger charge is -2.29. The molecule has 40 heavy (non-hydrogen) atoms. The normalized spacial score (nSPS) is 13.9. The quantitative estimate of drug-likeness (QED) is 0.100. The number of carbonyl (C=O) groups excluding carboxylic acids is 2. The monoisotopic (exact) mass is 539 g/mol. The lowest BCUT2D eigenvalue weighted by molar-refractivity contribution is -0.119. The number of amides is 2. The molecule has 2 N–H and O–H groups in total. The number of aliphatic hydroxyl groups is 1. The summed E-state index contributed by atoms with van der Waals surface area (Å²) in [6.45, 7) is 1.96. The van der Waals surface area contributed by atoms with E-state index in [1.165, 1.54) is 24.1 Å². The van der Waals surface area contributed by atoms with Crippen LogP contribution in [0.4, 0.5) is 5.69 Å². The van der Waals surface area contributed by atoms with Crippen LogP contribution in [-0.2, 0) is 11.3 Å². The molecule has 0 saturated heterocycles. The van der Waals surface area contributed by atoms with E-state index in [0.29, 0.717) is 11.3 Å². The Morgan fingerprint density at radius 3 is 2.35 bits per heavy atom. The van der Waals surface area contributed by atoms with Gasteiger partial charge in [0.05, 0.1) is 19.3 Å². The molecule has 0 aliphatic heterocycles. The Balaban J connectivity index is 1.87. The fourth-order valence-corrected chi connectivity index (χ4v) is 4.81. The third-order valence-corrected chi connectivity index (χ3v) is 7.01. The van der Waals surface area contributed by atoms with E-state index >= 15 is 0 Å². The Labute approximate surface area is 233 Å². The number of methoxy groups -OCH3 is 1. The van der Waals surface area contributed by atoms with Crippen molar-refractivity contribution in [1.82, 2.24) is 10.2 Å². The maximum Gasteiger partial charge on any atom is 0.272 e. The van der Waals surface area contributed by atoms with Gasteiger partial charge in [-0.15, -0.1) is 0 Å². The number of azide groups is 1. The standard InChI is InChI=1S/C31H33N5O4/c1-21-12-14-22(15-13-21)20-36(31(39)26-10-6-7-11-27(26)34-35-32)28(30(38)33-24-8-4-3-5-9-24)29(37)23-16-18-25(40-2)19-17-23/h6-7,10-19,24,37H,3-5,8-9,20H2,1-2H3,(H,33,38)/b29-28+. The lowest BCUT2D eigenvalue weighted by atomic mass is 9.95. The molecule has 0 aromatic heterocycles. The van der Waals surface area contributed by atoms with Crippen LogP contribution in [0, 0.1) is 6.92 Å². The molecule has 2 amide bonds. The third kappa shape index (κ3) is 6.81. The highest BCUT2D eigenvalue weighted by atomic mass is 16.5. The number of hydrogen-bond donors (Lipinski definition) is 2. The zero-order chi connectivity index (χ0) is 28.5. The number of carbonyl (C=O) groups is 2. The largest absolute Gasteiger partial charge is 0.505 e. The van der Waals surface area contributed by atoms with Gasteiger partial charge in [-0.1, -0.05) is 72.4 Å². The van der Waals surface area contributed by atoms with Crippen molar-refractivity contribution in [3.8, 4) is 5.75 Å². The molecule has 206 valence electrons. The van der Waals surface area contributed by atoms with E-state index in [1.54, 1.807) is 36.4 Å². The van der Waals surface area contributed by atoms with E-state index in [0.717, 1.165) is 43.2 Å². The number of rotatable bonds is 9. The minimum atomic E-state index is -0.586. The van der Waals surface area contributed by atoms with Crippen LogP contribution in [0.3, 0.4) is 0 Å². The third-order valence-electron chi connectivity index (χ3n) is 7.01. The van der Waals surface area contributed by atoms with E-state index < -0.39 is 11.8 Å². The summed E-state index contributed by atoms with van der Waals surface area (Å²) < 4.78 is 5.24. The van der Waals surface area contributed by atoms with Gasteiger partial charge in [0.15, 0.2) is 11.5 Å². The highest BCUT2D eigenvalue weighted by Gasteiger charge is 2.31. The average molecular weight is 540 g/mol. The average Bonchev–Trinajstić information content (AvgIpc) is 2.98. The van der Waals surface area contributed by atoms with E-state index in [9.17, 15) is 14.7 Å². The van der Waals surface area contributed by atoms with Crippen molar-refractivity contribution in [2.45, 2.75) is 51.6 Å². The minimum absolute atomic E-state index is 0.00263. The van der Waals surface area contributed by atoms with Gasteiger partial charge in [-0.05, 0) is 61.2 Å². The maximum atomic E-state index is 14.2. The second-order valence-electron chi connectivity index (χ2n) is 9.82. The molecule has 1 aliphatic carbocycles. The van der Waals surface area contributed by atoms with Gasteiger partial charge in [0, 0.05) is 22.1 Å². The summed E-state index contributed by atoms with van der Waals surface area (Å²) in [7, 11) is 1.54. The van der Waals surface area contributed by atoms with Crippen molar-refractivity contribution in [2.24, 2.45) is 5.11 Å². The van der Waals surface area contributed by atoms with Crippen LogP contribution in [0.2, 0.25) is 0 Å². The molecule has 1 fully saturated rings. The molecule has 1 aliphatic rings. The van der Waals surface area contributed by atoms with Gasteiger partial charge in [-0.25, -0.2) is 0 Å². The Bertz CT molecular complexity index is 1420. The molecule has 0 radical (unpaired) electrons. The van der Waals surface area contributed by atoms with Gasteiger partial charge in [0.25, 0.3) is 11.8 Å². The van der Waals surface area contributed by atoms with Gasteiger partial charge < -0.3 is 15.2 Å². The molecular formula is C31H33N5O4. The minimum Gasteiger partial charge on any atom is -0.505 e. The smallest absolute Gasteiger partial charge is 0.272 e. The number of aryl methyl sites for hydroxylation is 1. The molecule has 4 rings (SSSR count). The number of hydrogen-bond acceptors (Lipinski definition) is 5. The van der Waals surface area contributed by atoms with Crippen LogP contribution in [-0.4, -0.2) is 35.0 Å². The Morgan fingerprint density at radius 2 is 1.70 bits per heavy atom. The van der Waals surface area contributed by atoms with E-state index in [-0.39, 0.29) is 35.3 Å². The lowest BCUT2D eigenvalue weighted by Crippen LogP contribution is -2.43. The molecule has 9 nitrogen and oxygen atoms in total. The highest BCUT2D eigenvalue weighted by molar-refractivity contribution is 6.08. The van der Waals surface area contributed by atoms with Crippen molar-refractivity contribution >= 4 is 23.3 Å². The first-order chi connectivity index (χ1) is 19.4. The predicted molar refractivity (Wildman–Crippen MR) is 154 cm³/mol. The van der Waals surface area contributed by atoms with E-state index in [4.69, 9.17) is 10.3 Å². The van der Waals surface area contributed by atoms with Crippen LogP contribution in [0.5, 0.6) is 5.75 Å². The Hall–Kier alpha value is -4.75. The van der Waals surface area contributed by atoms with Crippen LogP contribution >= 0.6 is 0 Å². The van der Waals surface area contributed by atoms with Crippen molar-refractivity contribution < 1.29 is 19.4 Å². The SMILES string of the molecule is COc1ccc(/C(O)=C(/C(=O)NC2CCCCC2)N(Cc2ccc(C)cc2)C(=O)c2ccccc2N=[N+]=[N-])cc1. The molecule has 0 bridgehead atoms. The summed E-state index contributed by atoms with van der Waals surface area (Å²) in [5.74, 6) is -0.905. The summed E-state index contributed by atoms with van der Waals surface area (Å²) in [5, 5.41) is 18.4. The molecule has 9 heteroatoms. The summed E-state index contributed by atoms with van der Waals surface area (Å²) in [5.41, 5.74) is 11.3. The summed E-state index contributed by atoms with van der Waals surface area (Å²) in [4.78, 5) is 32.3. The van der Waals surface area contributed by atoms with Gasteiger partial charge in [-0.3, -0.25) is 14.5 Å². The first-order valence-electron chi connectivity index (χ1n) is 13.3. The number of nitrogens with zero attached hydrogens (tertiary/aromatic N) is 4. The number of ether oxygens (including phenoxy) is 1. The second-order valence-corrected chi connectivity index (χ2v) is 9.82. The Kier molecular flexibility index (Phi) is 9.44. The number of aliphatic hydroxyl groups excluding tert-OH is 1. The van der Waals surface area contributed by atoms with E-state index in [2.05, 4.69) is 15.3 Å². The van der Waals surface area contributed by atoms with Crippen LogP contribution in [0.1, 0.15) is 59.2 Å². The first-order valence-corrected chi connectivity index (χ1v) is 13.3. The topological polar surface area (TPSA) is 128 Å². The van der Waals surface area contributed by atoms with Gasteiger partial charge >= 0.3 is 0 Å². The fourth-order valence-electron chi connectivity index (χ4n) is 4.81. The van der Waals surface area contributed by atoms with Gasteiger partial charge in [0.2, 0.25) is 0 Å². The molecular weight excluding hydrogens is 506 g/mol. The summed E-state index contributed by atoms with van der Waals surface area (Å²) >= 11 is 0. The maximum absolute atomic E-state index is 14.2. The van der Waals surface area contributed by atoms with Crippen molar-refractivity contribution in [2.75, 3.05) is 7.11 Å². The summed E-state index contributed by atoms with van der Waals surface area (Å²) in [6.07, 6.45) is 4.77. The first kappa shape index (κ1) is 28.3. The number of nitrogens with one attached hydrogen (secondary N) is 1. The van der Waals surface area contributed by atoms with Crippen LogP contribution in [0.15, 0.2) is 83.6 Å². The zero-order valence-electron chi connectivity index (χ0n) is 22.7. The predicted octanol–water partition coefficient (Wildman–Crippen LogP) is 6.96. The van der Waals surface area contributed by atoms with Crippen molar-refractivity contribution in [3.63, 3.8) is 0 Å². The molecule has 1 saturated carbocycles. The molecule has 3 aromatic rings.